The Bertz CT molecular complexity index is 942. The summed E-state index contributed by atoms with van der Waals surface area (Å²) in [5.74, 6) is 1.63. The number of nitrogens with zero attached hydrogens (tertiary/aromatic N) is 4. The van der Waals surface area contributed by atoms with Crippen molar-refractivity contribution in [2.24, 2.45) is 0 Å². The number of fused-ring (bicyclic) bond motifs is 3. The van der Waals surface area contributed by atoms with Crippen molar-refractivity contribution in [1.82, 2.24) is 14.9 Å². The first-order chi connectivity index (χ1) is 13.9. The summed E-state index contributed by atoms with van der Waals surface area (Å²) in [4.78, 5) is 29.1. The second kappa shape index (κ2) is 7.18. The fourth-order valence-electron chi connectivity index (χ4n) is 4.62. The van der Waals surface area contributed by atoms with Gasteiger partial charge in [-0.15, -0.1) is 11.3 Å². The van der Waals surface area contributed by atoms with Crippen LogP contribution in [0.25, 0.3) is 10.2 Å². The molecule has 0 N–H and O–H groups in total. The molecule has 2 fully saturated rings. The molecule has 1 saturated heterocycles. The van der Waals surface area contributed by atoms with Gasteiger partial charge >= 0.3 is 0 Å². The fourth-order valence-corrected chi connectivity index (χ4v) is 5.89. The van der Waals surface area contributed by atoms with Crippen LogP contribution < -0.4 is 4.90 Å². The Hall–Kier alpha value is -1.76. The van der Waals surface area contributed by atoms with E-state index in [0.717, 1.165) is 23.5 Å². The molecule has 2 aromatic heterocycles. The molecule has 7 heteroatoms. The number of aromatic nitrogens is 2. The topological polar surface area (TPSA) is 49.3 Å². The Morgan fingerprint density at radius 3 is 2.69 bits per heavy atom. The molecule has 5 rings (SSSR count). The zero-order chi connectivity index (χ0) is 20.2. The maximum atomic E-state index is 14.1. The van der Waals surface area contributed by atoms with Crippen molar-refractivity contribution < 1.29 is 9.18 Å². The quantitative estimate of drug-likeness (QED) is 0.754. The third kappa shape index (κ3) is 3.74. The summed E-state index contributed by atoms with van der Waals surface area (Å²) in [7, 11) is 2.13. The van der Waals surface area contributed by atoms with Crippen LogP contribution in [-0.2, 0) is 24.1 Å². The van der Waals surface area contributed by atoms with E-state index in [1.165, 1.54) is 41.5 Å². The predicted molar refractivity (Wildman–Crippen MR) is 115 cm³/mol. The van der Waals surface area contributed by atoms with E-state index in [9.17, 15) is 9.18 Å². The molecule has 0 unspecified atom stereocenters. The third-order valence-corrected chi connectivity index (χ3v) is 7.92. The summed E-state index contributed by atoms with van der Waals surface area (Å²) >= 11 is 1.79. The van der Waals surface area contributed by atoms with E-state index >= 15 is 0 Å². The van der Waals surface area contributed by atoms with Crippen LogP contribution in [0.1, 0.15) is 61.7 Å². The van der Waals surface area contributed by atoms with Gasteiger partial charge in [-0.05, 0) is 63.9 Å². The minimum atomic E-state index is -1.15. The molecule has 0 aromatic carbocycles. The van der Waals surface area contributed by atoms with Crippen LogP contribution >= 0.6 is 11.3 Å². The average molecular weight is 417 g/mol. The molecule has 0 radical (unpaired) electrons. The van der Waals surface area contributed by atoms with Crippen LogP contribution in [0.2, 0.25) is 0 Å². The van der Waals surface area contributed by atoms with Crippen LogP contribution in [0, 0.1) is 0 Å². The van der Waals surface area contributed by atoms with Gasteiger partial charge in [0.05, 0.1) is 11.8 Å². The number of anilines is 1. The monoisotopic (exact) mass is 416 g/mol. The summed E-state index contributed by atoms with van der Waals surface area (Å²) in [6.45, 7) is 2.59. The van der Waals surface area contributed by atoms with Crippen LogP contribution in [0.5, 0.6) is 0 Å². The van der Waals surface area contributed by atoms with Crippen LogP contribution in [-0.4, -0.2) is 52.6 Å². The Kier molecular flexibility index (Phi) is 4.76. The number of alkyl halides is 1. The molecule has 0 spiro atoms. The molecular weight excluding hydrogens is 387 g/mol. The number of amides is 1. The van der Waals surface area contributed by atoms with E-state index in [-0.39, 0.29) is 12.3 Å². The van der Waals surface area contributed by atoms with Gasteiger partial charge in [0, 0.05) is 31.1 Å². The molecule has 1 saturated carbocycles. The van der Waals surface area contributed by atoms with E-state index in [1.54, 1.807) is 23.2 Å². The van der Waals surface area contributed by atoms with Gasteiger partial charge in [-0.1, -0.05) is 0 Å². The van der Waals surface area contributed by atoms with E-state index in [4.69, 9.17) is 9.97 Å². The number of halogens is 1. The zero-order valence-corrected chi connectivity index (χ0v) is 18.2. The molecule has 2 aromatic rings. The normalized spacial score (nSPS) is 21.3. The number of likely N-dealkylation sites (tertiary alicyclic amines) is 1. The lowest BCUT2D eigenvalue weighted by atomic mass is 9.95. The molecule has 1 aliphatic heterocycles. The van der Waals surface area contributed by atoms with Crippen molar-refractivity contribution in [1.29, 1.82) is 0 Å². The molecule has 1 amide bonds. The summed E-state index contributed by atoms with van der Waals surface area (Å²) in [6.07, 6.45) is 8.15. The van der Waals surface area contributed by atoms with Crippen molar-refractivity contribution in [2.45, 2.75) is 76.4 Å². The highest BCUT2D eigenvalue weighted by molar-refractivity contribution is 7.19. The maximum absolute atomic E-state index is 14.1. The lowest BCUT2D eigenvalue weighted by Crippen LogP contribution is -2.44. The van der Waals surface area contributed by atoms with Gasteiger partial charge in [-0.2, -0.15) is 0 Å². The molecule has 3 aliphatic rings. The van der Waals surface area contributed by atoms with Gasteiger partial charge in [0.2, 0.25) is 5.91 Å². The Labute approximate surface area is 175 Å². The van der Waals surface area contributed by atoms with Gasteiger partial charge in [0.1, 0.15) is 22.1 Å². The van der Waals surface area contributed by atoms with Crippen molar-refractivity contribution in [2.75, 3.05) is 25.0 Å². The molecule has 2 aliphatic carbocycles. The van der Waals surface area contributed by atoms with E-state index in [2.05, 4.69) is 11.9 Å². The van der Waals surface area contributed by atoms with Gasteiger partial charge < -0.3 is 9.80 Å². The van der Waals surface area contributed by atoms with Crippen molar-refractivity contribution >= 4 is 33.3 Å². The molecule has 0 bridgehead atoms. The molecule has 0 atom stereocenters. The number of carbonyl (C=O) groups is 1. The van der Waals surface area contributed by atoms with Crippen LogP contribution in [0.3, 0.4) is 0 Å². The highest BCUT2D eigenvalue weighted by atomic mass is 32.1. The molecule has 5 nitrogen and oxygen atoms in total. The summed E-state index contributed by atoms with van der Waals surface area (Å²) in [5.41, 5.74) is 0.289. The molecule has 156 valence electrons. The minimum absolute atomic E-state index is 0.0150. The van der Waals surface area contributed by atoms with E-state index < -0.39 is 5.67 Å². The van der Waals surface area contributed by atoms with Gasteiger partial charge in [0.25, 0.3) is 0 Å². The zero-order valence-electron chi connectivity index (χ0n) is 17.3. The first-order valence-electron chi connectivity index (χ1n) is 10.9. The number of aryl methyl sites for hydroxylation is 2. The average Bonchev–Trinajstić information content (AvgIpc) is 3.47. The Morgan fingerprint density at radius 2 is 1.97 bits per heavy atom. The number of hydrogen-bond donors (Lipinski definition) is 0. The highest BCUT2D eigenvalue weighted by Gasteiger charge is 2.33. The number of carbonyl (C=O) groups excluding carboxylic acids is 1. The minimum Gasteiger partial charge on any atom is -0.356 e. The smallest absolute Gasteiger partial charge is 0.230 e. The first kappa shape index (κ1) is 19.2. The summed E-state index contributed by atoms with van der Waals surface area (Å²) < 4.78 is 14.1. The standard InChI is InChI=1S/C22H29FN4OS/c1-22(23)9-11-27(12-10-22)18(28)13-17-24-20(26(2)14-7-8-14)19-15-5-3-4-6-16(15)29-21(19)25-17/h14H,3-13H2,1-2H3. The van der Waals surface area contributed by atoms with Crippen molar-refractivity contribution in [3.8, 4) is 0 Å². The lowest BCUT2D eigenvalue weighted by Gasteiger charge is -2.34. The second-order valence-electron chi connectivity index (χ2n) is 9.17. The number of piperidine rings is 1. The van der Waals surface area contributed by atoms with Crippen molar-refractivity contribution in [3.05, 3.63) is 16.3 Å². The Morgan fingerprint density at radius 1 is 1.24 bits per heavy atom. The Balaban J connectivity index is 1.46. The fraction of sp³-hybridized carbons (Fsp3) is 0.682. The third-order valence-electron chi connectivity index (χ3n) is 6.74. The molecular formula is C22H29FN4OS. The summed E-state index contributed by atoms with van der Waals surface area (Å²) in [6, 6.07) is 0.556. The number of rotatable bonds is 4. The lowest BCUT2D eigenvalue weighted by molar-refractivity contribution is -0.133. The summed E-state index contributed by atoms with van der Waals surface area (Å²) in [5, 5.41) is 1.22. The van der Waals surface area contributed by atoms with Gasteiger partial charge in [-0.25, -0.2) is 14.4 Å². The van der Waals surface area contributed by atoms with Crippen molar-refractivity contribution in [3.63, 3.8) is 0 Å². The highest BCUT2D eigenvalue weighted by Crippen LogP contribution is 2.41. The first-order valence-corrected chi connectivity index (χ1v) is 11.7. The van der Waals surface area contributed by atoms with Crippen LogP contribution in [0.15, 0.2) is 0 Å². The molecule has 3 heterocycles. The SMILES string of the molecule is CN(c1nc(CC(=O)N2CCC(C)(F)CC2)nc2sc3c(c12)CCCC3)C1CC1. The van der Waals surface area contributed by atoms with Gasteiger partial charge in [-0.3, -0.25) is 4.79 Å². The largest absolute Gasteiger partial charge is 0.356 e. The van der Waals surface area contributed by atoms with Gasteiger partial charge in [0.15, 0.2) is 0 Å². The second-order valence-corrected chi connectivity index (χ2v) is 10.3. The van der Waals surface area contributed by atoms with Crippen LogP contribution in [0.4, 0.5) is 10.2 Å². The number of hydrogen-bond acceptors (Lipinski definition) is 5. The maximum Gasteiger partial charge on any atom is 0.230 e. The molecule has 29 heavy (non-hydrogen) atoms. The van der Waals surface area contributed by atoms with E-state index in [0.29, 0.717) is 37.8 Å². The predicted octanol–water partition coefficient (Wildman–Crippen LogP) is 4.06. The van der Waals surface area contributed by atoms with E-state index in [1.807, 2.05) is 0 Å². The number of thiophene rings is 1.